The Morgan fingerprint density at radius 3 is 2.43 bits per heavy atom. The predicted octanol–water partition coefficient (Wildman–Crippen LogP) is 4.61. The van der Waals surface area contributed by atoms with Crippen LogP contribution in [0.5, 0.6) is 17.2 Å². The van der Waals surface area contributed by atoms with E-state index in [1.54, 1.807) is 50.5 Å². The van der Waals surface area contributed by atoms with Crippen molar-refractivity contribution in [3.05, 3.63) is 99.4 Å². The molecule has 0 bridgehead atoms. The number of carbonyl (C=O) groups is 1. The van der Waals surface area contributed by atoms with E-state index in [1.165, 1.54) is 0 Å². The largest absolute Gasteiger partial charge is 0.497 e. The molecule has 1 aliphatic heterocycles. The molecule has 0 fully saturated rings. The van der Waals surface area contributed by atoms with Gasteiger partial charge in [0.05, 0.1) is 38.3 Å². The first kappa shape index (κ1) is 22.5. The molecular weight excluding hydrogens is 446 g/mol. The lowest BCUT2D eigenvalue weighted by molar-refractivity contribution is 0.0730. The second kappa shape index (κ2) is 9.18. The van der Waals surface area contributed by atoms with E-state index >= 15 is 0 Å². The lowest BCUT2D eigenvalue weighted by atomic mass is 9.98. The topological polar surface area (TPSA) is 78.2 Å². The number of benzene rings is 3. The molecule has 1 aliphatic rings. The quantitative estimate of drug-likeness (QED) is 0.392. The van der Waals surface area contributed by atoms with Crippen molar-refractivity contribution in [2.45, 2.75) is 12.5 Å². The molecule has 0 radical (unpaired) electrons. The molecule has 7 nitrogen and oxygen atoms in total. The number of methoxy groups -OCH3 is 3. The molecule has 178 valence electrons. The summed E-state index contributed by atoms with van der Waals surface area (Å²) in [6, 6.07) is 19.5. The van der Waals surface area contributed by atoms with Crippen molar-refractivity contribution in [1.82, 2.24) is 4.90 Å². The van der Waals surface area contributed by atoms with Gasteiger partial charge in [0, 0.05) is 6.54 Å². The van der Waals surface area contributed by atoms with Crippen LogP contribution >= 0.6 is 0 Å². The molecule has 0 N–H and O–H groups in total. The van der Waals surface area contributed by atoms with E-state index in [4.69, 9.17) is 18.6 Å². The highest BCUT2D eigenvalue weighted by molar-refractivity contribution is 5.99. The van der Waals surface area contributed by atoms with Crippen LogP contribution in [0.1, 0.15) is 33.3 Å². The smallest absolute Gasteiger partial charge is 0.290 e. The van der Waals surface area contributed by atoms with Crippen molar-refractivity contribution in [2.75, 3.05) is 27.9 Å². The zero-order chi connectivity index (χ0) is 24.5. The first-order valence-corrected chi connectivity index (χ1v) is 11.3. The second-order valence-electron chi connectivity index (χ2n) is 8.29. The maximum absolute atomic E-state index is 13.6. The van der Waals surface area contributed by atoms with Gasteiger partial charge in [-0.2, -0.15) is 0 Å². The van der Waals surface area contributed by atoms with Gasteiger partial charge in [0.25, 0.3) is 5.91 Å². The fourth-order valence-electron chi connectivity index (χ4n) is 4.64. The Morgan fingerprint density at radius 1 is 0.857 bits per heavy atom. The highest BCUT2D eigenvalue weighted by Crippen LogP contribution is 2.39. The van der Waals surface area contributed by atoms with Crippen LogP contribution in [0.25, 0.3) is 11.0 Å². The molecule has 3 aromatic carbocycles. The van der Waals surface area contributed by atoms with Crippen LogP contribution in [0, 0.1) is 0 Å². The van der Waals surface area contributed by atoms with Gasteiger partial charge in [-0.15, -0.1) is 0 Å². The highest BCUT2D eigenvalue weighted by Gasteiger charge is 2.42. The summed E-state index contributed by atoms with van der Waals surface area (Å²) in [5.41, 5.74) is 2.31. The number of para-hydroxylation sites is 1. The summed E-state index contributed by atoms with van der Waals surface area (Å²) in [5, 5.41) is 0.452. The third-order valence-electron chi connectivity index (χ3n) is 6.37. The number of ether oxygens (including phenoxy) is 3. The predicted molar refractivity (Wildman–Crippen MR) is 132 cm³/mol. The molecule has 7 heteroatoms. The van der Waals surface area contributed by atoms with E-state index in [0.717, 1.165) is 11.1 Å². The number of carbonyl (C=O) groups excluding carboxylic acids is 1. The van der Waals surface area contributed by atoms with Gasteiger partial charge in [-0.1, -0.05) is 30.3 Å². The van der Waals surface area contributed by atoms with Crippen molar-refractivity contribution in [2.24, 2.45) is 0 Å². The van der Waals surface area contributed by atoms with Gasteiger partial charge >= 0.3 is 0 Å². The molecule has 5 rings (SSSR count). The van der Waals surface area contributed by atoms with Gasteiger partial charge in [0.2, 0.25) is 5.76 Å². The standard InChI is InChI=1S/C28H25NO6/c1-32-19-8-6-7-18(16-19)25-24-26(30)20-9-4-5-10-21(20)35-27(24)28(31)29(25)14-13-17-11-12-22(33-2)23(15-17)34-3/h4-12,15-16,25H,13-14H2,1-3H3/t25-/m1/s1. The lowest BCUT2D eigenvalue weighted by Gasteiger charge is -2.25. The SMILES string of the molecule is COc1cccc([C@@H]2c3c(oc4ccccc4c3=O)C(=O)N2CCc2ccc(OC)c(OC)c2)c1. The minimum atomic E-state index is -0.589. The first-order valence-electron chi connectivity index (χ1n) is 11.3. The summed E-state index contributed by atoms with van der Waals surface area (Å²) in [6.45, 7) is 0.371. The zero-order valence-corrected chi connectivity index (χ0v) is 19.7. The highest BCUT2D eigenvalue weighted by atomic mass is 16.5. The van der Waals surface area contributed by atoms with Crippen molar-refractivity contribution < 1.29 is 23.4 Å². The van der Waals surface area contributed by atoms with E-state index in [2.05, 4.69) is 0 Å². The third kappa shape index (κ3) is 3.89. The molecule has 4 aromatic rings. The summed E-state index contributed by atoms with van der Waals surface area (Å²) >= 11 is 0. The average Bonchev–Trinajstić information content (AvgIpc) is 3.18. The molecule has 1 aromatic heterocycles. The Morgan fingerprint density at radius 2 is 1.66 bits per heavy atom. The molecule has 1 atom stereocenters. The van der Waals surface area contributed by atoms with E-state index < -0.39 is 6.04 Å². The molecule has 0 aliphatic carbocycles. The molecular formula is C28H25NO6. The summed E-state index contributed by atoms with van der Waals surface area (Å²) in [7, 11) is 4.76. The fraction of sp³-hybridized carbons (Fsp3) is 0.214. The van der Waals surface area contributed by atoms with Gasteiger partial charge in [-0.3, -0.25) is 9.59 Å². The summed E-state index contributed by atoms with van der Waals surface area (Å²) < 4.78 is 22.2. The maximum Gasteiger partial charge on any atom is 0.290 e. The Balaban J connectivity index is 1.59. The number of fused-ring (bicyclic) bond motifs is 2. The molecule has 0 spiro atoms. The molecule has 0 saturated carbocycles. The number of hydrogen-bond acceptors (Lipinski definition) is 6. The van der Waals surface area contributed by atoms with Crippen LogP contribution in [0.4, 0.5) is 0 Å². The van der Waals surface area contributed by atoms with E-state index in [9.17, 15) is 9.59 Å². The number of amides is 1. The van der Waals surface area contributed by atoms with Gasteiger partial charge in [-0.05, 0) is 53.9 Å². The monoisotopic (exact) mass is 471 g/mol. The number of hydrogen-bond donors (Lipinski definition) is 0. The first-order chi connectivity index (χ1) is 17.0. The fourth-order valence-corrected chi connectivity index (χ4v) is 4.64. The van der Waals surface area contributed by atoms with E-state index in [-0.39, 0.29) is 17.1 Å². The second-order valence-corrected chi connectivity index (χ2v) is 8.29. The summed E-state index contributed by atoms with van der Waals surface area (Å²) in [5.74, 6) is 1.68. The van der Waals surface area contributed by atoms with Crippen molar-refractivity contribution >= 4 is 16.9 Å². The Bertz CT molecular complexity index is 1470. The minimum absolute atomic E-state index is 0.0915. The normalized spacial score (nSPS) is 14.8. The molecule has 0 saturated heterocycles. The van der Waals surface area contributed by atoms with Crippen LogP contribution in [-0.2, 0) is 6.42 Å². The van der Waals surface area contributed by atoms with E-state index in [1.807, 2.05) is 42.5 Å². The van der Waals surface area contributed by atoms with Crippen LogP contribution in [-0.4, -0.2) is 38.7 Å². The van der Waals surface area contributed by atoms with Gasteiger partial charge in [0.15, 0.2) is 16.9 Å². The number of nitrogens with zero attached hydrogens (tertiary/aromatic N) is 1. The van der Waals surface area contributed by atoms with Gasteiger partial charge in [-0.25, -0.2) is 0 Å². The minimum Gasteiger partial charge on any atom is -0.497 e. The van der Waals surface area contributed by atoms with Crippen LogP contribution in [0.3, 0.4) is 0 Å². The number of rotatable bonds is 7. The van der Waals surface area contributed by atoms with Crippen LogP contribution in [0.15, 0.2) is 75.9 Å². The summed E-state index contributed by atoms with van der Waals surface area (Å²) in [6.07, 6.45) is 0.550. The Hall–Kier alpha value is -4.26. The van der Waals surface area contributed by atoms with Crippen LogP contribution in [0.2, 0.25) is 0 Å². The zero-order valence-electron chi connectivity index (χ0n) is 19.7. The lowest BCUT2D eigenvalue weighted by Crippen LogP contribution is -2.31. The van der Waals surface area contributed by atoms with Crippen molar-refractivity contribution in [1.29, 1.82) is 0 Å². The molecule has 2 heterocycles. The average molecular weight is 472 g/mol. The van der Waals surface area contributed by atoms with Crippen molar-refractivity contribution in [3.63, 3.8) is 0 Å². The Labute approximate surface area is 202 Å². The molecule has 35 heavy (non-hydrogen) atoms. The van der Waals surface area contributed by atoms with Gasteiger partial charge < -0.3 is 23.5 Å². The maximum atomic E-state index is 13.6. The summed E-state index contributed by atoms with van der Waals surface area (Å²) in [4.78, 5) is 28.9. The third-order valence-corrected chi connectivity index (χ3v) is 6.37. The van der Waals surface area contributed by atoms with E-state index in [0.29, 0.717) is 46.7 Å². The van der Waals surface area contributed by atoms with Crippen LogP contribution < -0.4 is 19.6 Å². The Kier molecular flexibility index (Phi) is 5.91. The van der Waals surface area contributed by atoms with Gasteiger partial charge in [0.1, 0.15) is 11.3 Å². The molecule has 1 amide bonds. The molecule has 0 unspecified atom stereocenters. The van der Waals surface area contributed by atoms with Crippen molar-refractivity contribution in [3.8, 4) is 17.2 Å².